The van der Waals surface area contributed by atoms with E-state index in [4.69, 9.17) is 16.3 Å². The van der Waals surface area contributed by atoms with Crippen molar-refractivity contribution in [3.8, 4) is 0 Å². The molecule has 0 saturated heterocycles. The molecule has 17 heavy (non-hydrogen) atoms. The lowest BCUT2D eigenvalue weighted by atomic mass is 10.1. The Kier molecular flexibility index (Phi) is 7.06. The van der Waals surface area contributed by atoms with Crippen LogP contribution in [0.3, 0.4) is 0 Å². The highest BCUT2D eigenvalue weighted by Gasteiger charge is 1.95. The minimum absolute atomic E-state index is 0.741. The summed E-state index contributed by atoms with van der Waals surface area (Å²) in [6.07, 6.45) is 2.39. The summed E-state index contributed by atoms with van der Waals surface area (Å²) >= 11 is 5.88. The topological polar surface area (TPSA) is 21.3 Å². The van der Waals surface area contributed by atoms with E-state index in [0.29, 0.717) is 0 Å². The largest absolute Gasteiger partial charge is 0.383 e. The third kappa shape index (κ3) is 7.24. The summed E-state index contributed by atoms with van der Waals surface area (Å²) in [5.41, 5.74) is 1.04. The van der Waals surface area contributed by atoms with Gasteiger partial charge in [0, 0.05) is 23.9 Å². The summed E-state index contributed by atoms with van der Waals surface area (Å²) in [6.45, 7) is 6.89. The Bertz CT molecular complexity index is 315. The van der Waals surface area contributed by atoms with Crippen LogP contribution in [-0.4, -0.2) is 19.8 Å². The van der Waals surface area contributed by atoms with Crippen molar-refractivity contribution in [3.05, 3.63) is 29.3 Å². The standard InChI is InChI=1S/C14H22ClNO/c1-12(2)5-4-9-17-10-8-16-14-7-3-6-13(15)11-14/h3,6-7,11-12,16H,4-5,8-10H2,1-2H3. The summed E-state index contributed by atoms with van der Waals surface area (Å²) in [6, 6.07) is 7.73. The Hall–Kier alpha value is -0.730. The maximum Gasteiger partial charge on any atom is 0.0639 e. The van der Waals surface area contributed by atoms with Gasteiger partial charge in [-0.2, -0.15) is 0 Å². The lowest BCUT2D eigenvalue weighted by molar-refractivity contribution is 0.137. The normalized spacial score (nSPS) is 10.8. The third-order valence-corrected chi connectivity index (χ3v) is 2.71. The second-order valence-electron chi connectivity index (χ2n) is 4.59. The van der Waals surface area contributed by atoms with E-state index in [-0.39, 0.29) is 0 Å². The molecule has 0 unspecified atom stereocenters. The number of benzene rings is 1. The van der Waals surface area contributed by atoms with E-state index in [1.165, 1.54) is 6.42 Å². The van der Waals surface area contributed by atoms with Gasteiger partial charge in [-0.05, 0) is 37.0 Å². The smallest absolute Gasteiger partial charge is 0.0639 e. The summed E-state index contributed by atoms with van der Waals surface area (Å²) < 4.78 is 5.54. The predicted molar refractivity (Wildman–Crippen MR) is 74.8 cm³/mol. The Balaban J connectivity index is 2.01. The molecule has 2 nitrogen and oxygen atoms in total. The molecular formula is C14H22ClNO. The number of ether oxygens (including phenoxy) is 1. The fraction of sp³-hybridized carbons (Fsp3) is 0.571. The van der Waals surface area contributed by atoms with Crippen molar-refractivity contribution in [1.82, 2.24) is 0 Å². The quantitative estimate of drug-likeness (QED) is 0.703. The summed E-state index contributed by atoms with van der Waals surface area (Å²) in [4.78, 5) is 0. The first kappa shape index (κ1) is 14.3. The highest BCUT2D eigenvalue weighted by molar-refractivity contribution is 6.30. The van der Waals surface area contributed by atoms with Crippen molar-refractivity contribution in [2.45, 2.75) is 26.7 Å². The van der Waals surface area contributed by atoms with E-state index in [2.05, 4.69) is 19.2 Å². The minimum atomic E-state index is 0.741. The molecule has 0 saturated carbocycles. The van der Waals surface area contributed by atoms with Gasteiger partial charge in [0.05, 0.1) is 6.61 Å². The van der Waals surface area contributed by atoms with E-state index in [1.807, 2.05) is 24.3 Å². The van der Waals surface area contributed by atoms with Crippen LogP contribution in [0.15, 0.2) is 24.3 Å². The monoisotopic (exact) mass is 255 g/mol. The molecule has 0 aliphatic rings. The molecule has 0 atom stereocenters. The highest BCUT2D eigenvalue weighted by atomic mass is 35.5. The molecule has 0 amide bonds. The molecule has 3 heteroatoms. The van der Waals surface area contributed by atoms with Crippen LogP contribution in [-0.2, 0) is 4.74 Å². The first-order valence-electron chi connectivity index (χ1n) is 6.25. The lowest BCUT2D eigenvalue weighted by Gasteiger charge is -2.08. The molecule has 0 radical (unpaired) electrons. The van der Waals surface area contributed by atoms with Gasteiger partial charge >= 0.3 is 0 Å². The molecule has 0 aliphatic heterocycles. The van der Waals surface area contributed by atoms with E-state index in [0.717, 1.165) is 42.8 Å². The molecule has 1 aromatic rings. The lowest BCUT2D eigenvalue weighted by Crippen LogP contribution is -2.10. The van der Waals surface area contributed by atoms with E-state index in [9.17, 15) is 0 Å². The molecular weight excluding hydrogens is 234 g/mol. The number of hydrogen-bond donors (Lipinski definition) is 1. The van der Waals surface area contributed by atoms with Crippen LogP contribution in [0.5, 0.6) is 0 Å². The van der Waals surface area contributed by atoms with E-state index in [1.54, 1.807) is 0 Å². The van der Waals surface area contributed by atoms with Gasteiger partial charge in [-0.3, -0.25) is 0 Å². The number of nitrogens with one attached hydrogen (secondary N) is 1. The molecule has 0 bridgehead atoms. The van der Waals surface area contributed by atoms with Gasteiger partial charge in [-0.15, -0.1) is 0 Å². The fourth-order valence-corrected chi connectivity index (χ4v) is 1.75. The minimum Gasteiger partial charge on any atom is -0.383 e. The van der Waals surface area contributed by atoms with Crippen molar-refractivity contribution in [2.75, 3.05) is 25.1 Å². The van der Waals surface area contributed by atoms with Gasteiger partial charge in [0.1, 0.15) is 0 Å². The first-order valence-corrected chi connectivity index (χ1v) is 6.63. The van der Waals surface area contributed by atoms with Crippen molar-refractivity contribution in [3.63, 3.8) is 0 Å². The molecule has 0 fully saturated rings. The van der Waals surface area contributed by atoms with Crippen LogP contribution in [0.2, 0.25) is 5.02 Å². The molecule has 0 aromatic heterocycles. The van der Waals surface area contributed by atoms with Gasteiger partial charge in [0.25, 0.3) is 0 Å². The van der Waals surface area contributed by atoms with Crippen LogP contribution in [0.25, 0.3) is 0 Å². The average molecular weight is 256 g/mol. The Morgan fingerprint density at radius 1 is 1.29 bits per heavy atom. The molecule has 0 heterocycles. The zero-order valence-corrected chi connectivity index (χ0v) is 11.5. The fourth-order valence-electron chi connectivity index (χ4n) is 1.56. The maximum atomic E-state index is 5.88. The first-order chi connectivity index (χ1) is 8.18. The molecule has 0 aliphatic carbocycles. The highest BCUT2D eigenvalue weighted by Crippen LogP contribution is 2.14. The van der Waals surface area contributed by atoms with Crippen LogP contribution in [0.4, 0.5) is 5.69 Å². The van der Waals surface area contributed by atoms with Crippen molar-refractivity contribution in [2.24, 2.45) is 5.92 Å². The zero-order valence-electron chi connectivity index (χ0n) is 10.7. The second kappa shape index (κ2) is 8.37. The average Bonchev–Trinajstić information content (AvgIpc) is 2.27. The molecule has 96 valence electrons. The molecule has 0 spiro atoms. The summed E-state index contributed by atoms with van der Waals surface area (Å²) in [5, 5.41) is 4.03. The summed E-state index contributed by atoms with van der Waals surface area (Å²) in [5.74, 6) is 0.767. The van der Waals surface area contributed by atoms with Gasteiger partial charge in [0.2, 0.25) is 0 Å². The Morgan fingerprint density at radius 2 is 2.12 bits per heavy atom. The van der Waals surface area contributed by atoms with Gasteiger partial charge in [-0.1, -0.05) is 31.5 Å². The zero-order chi connectivity index (χ0) is 12.5. The van der Waals surface area contributed by atoms with Crippen LogP contribution in [0.1, 0.15) is 26.7 Å². The SMILES string of the molecule is CC(C)CCCOCCNc1cccc(Cl)c1. The number of hydrogen-bond acceptors (Lipinski definition) is 2. The predicted octanol–water partition coefficient (Wildman–Crippen LogP) is 4.20. The number of anilines is 1. The molecule has 1 aromatic carbocycles. The number of halogens is 1. The molecule has 1 rings (SSSR count). The van der Waals surface area contributed by atoms with Gasteiger partial charge in [-0.25, -0.2) is 0 Å². The van der Waals surface area contributed by atoms with Gasteiger partial charge in [0.15, 0.2) is 0 Å². The van der Waals surface area contributed by atoms with Crippen LogP contribution < -0.4 is 5.32 Å². The number of rotatable bonds is 8. The van der Waals surface area contributed by atoms with Crippen molar-refractivity contribution in [1.29, 1.82) is 0 Å². The molecule has 1 N–H and O–H groups in total. The van der Waals surface area contributed by atoms with Crippen LogP contribution in [0, 0.1) is 5.92 Å². The Morgan fingerprint density at radius 3 is 2.82 bits per heavy atom. The van der Waals surface area contributed by atoms with Crippen LogP contribution >= 0.6 is 11.6 Å². The van der Waals surface area contributed by atoms with Gasteiger partial charge < -0.3 is 10.1 Å². The summed E-state index contributed by atoms with van der Waals surface area (Å²) in [7, 11) is 0. The van der Waals surface area contributed by atoms with Crippen molar-refractivity contribution >= 4 is 17.3 Å². The van der Waals surface area contributed by atoms with E-state index >= 15 is 0 Å². The third-order valence-electron chi connectivity index (χ3n) is 2.47. The second-order valence-corrected chi connectivity index (χ2v) is 5.02. The van der Waals surface area contributed by atoms with E-state index < -0.39 is 0 Å². The Labute approximate surface area is 109 Å². The van der Waals surface area contributed by atoms with Crippen molar-refractivity contribution < 1.29 is 4.74 Å². The maximum absolute atomic E-state index is 5.88.